The third-order valence-corrected chi connectivity index (χ3v) is 7.55. The quantitative estimate of drug-likeness (QED) is 0.282. The largest absolute Gasteiger partial charge is 0.465 e. The highest BCUT2D eigenvalue weighted by molar-refractivity contribution is 9.08. The minimum Gasteiger partial charge on any atom is -0.465 e. The highest BCUT2D eigenvalue weighted by Crippen LogP contribution is 2.48. The van der Waals surface area contributed by atoms with Crippen LogP contribution in [0.3, 0.4) is 0 Å². The Balaban J connectivity index is 1.95. The molecule has 0 bridgehead atoms. The van der Waals surface area contributed by atoms with E-state index in [4.69, 9.17) is 4.74 Å². The first kappa shape index (κ1) is 22.1. The maximum atomic E-state index is 12.9. The SMILES string of the molecule is COC(=O)c1ccc(C(=O)Sc2cc3c(cc2CBr)C(C)(C)CCC3(C)C)cc1. The van der Waals surface area contributed by atoms with Crippen LogP contribution in [0.25, 0.3) is 0 Å². The molecule has 1 aliphatic carbocycles. The van der Waals surface area contributed by atoms with Crippen LogP contribution in [0.15, 0.2) is 41.3 Å². The Bertz CT molecular complexity index is 945. The zero-order chi connectivity index (χ0) is 21.4. The Morgan fingerprint density at radius 3 is 2.00 bits per heavy atom. The van der Waals surface area contributed by atoms with Crippen molar-refractivity contribution < 1.29 is 14.3 Å². The summed E-state index contributed by atoms with van der Waals surface area (Å²) in [7, 11) is 1.35. The van der Waals surface area contributed by atoms with Gasteiger partial charge >= 0.3 is 5.97 Å². The summed E-state index contributed by atoms with van der Waals surface area (Å²) >= 11 is 4.86. The lowest BCUT2D eigenvalue weighted by molar-refractivity contribution is 0.0600. The van der Waals surface area contributed by atoms with Gasteiger partial charge in [-0.2, -0.15) is 0 Å². The van der Waals surface area contributed by atoms with Crippen molar-refractivity contribution in [2.45, 2.75) is 61.6 Å². The number of halogens is 1. The first-order chi connectivity index (χ1) is 13.6. The molecule has 2 aromatic carbocycles. The van der Waals surface area contributed by atoms with Gasteiger partial charge in [0.15, 0.2) is 0 Å². The second-order valence-electron chi connectivity index (χ2n) is 8.87. The van der Waals surface area contributed by atoms with Gasteiger partial charge in [0.25, 0.3) is 0 Å². The molecule has 0 N–H and O–H groups in total. The zero-order valence-corrected chi connectivity index (χ0v) is 20.0. The third-order valence-electron chi connectivity index (χ3n) is 5.92. The van der Waals surface area contributed by atoms with E-state index in [9.17, 15) is 9.59 Å². The second-order valence-corrected chi connectivity index (χ2v) is 10.4. The van der Waals surface area contributed by atoms with Crippen molar-refractivity contribution in [2.75, 3.05) is 7.11 Å². The van der Waals surface area contributed by atoms with Gasteiger partial charge in [0.1, 0.15) is 0 Å². The Kier molecular flexibility index (Phi) is 6.30. The molecule has 0 unspecified atom stereocenters. The minimum absolute atomic E-state index is 0.0311. The van der Waals surface area contributed by atoms with Crippen molar-refractivity contribution in [1.82, 2.24) is 0 Å². The number of fused-ring (bicyclic) bond motifs is 1. The number of hydrogen-bond acceptors (Lipinski definition) is 4. The van der Waals surface area contributed by atoms with E-state index in [-0.39, 0.29) is 15.9 Å². The summed E-state index contributed by atoms with van der Waals surface area (Å²) in [5.41, 5.74) is 5.11. The van der Waals surface area contributed by atoms with Gasteiger partial charge in [-0.1, -0.05) is 49.7 Å². The van der Waals surface area contributed by atoms with Crippen molar-refractivity contribution >= 4 is 38.8 Å². The van der Waals surface area contributed by atoms with E-state index in [1.807, 2.05) is 0 Å². The van der Waals surface area contributed by atoms with Gasteiger partial charge in [-0.25, -0.2) is 4.79 Å². The first-order valence-corrected chi connectivity index (χ1v) is 11.7. The predicted octanol–water partition coefficient (Wildman–Crippen LogP) is 6.65. The van der Waals surface area contributed by atoms with E-state index < -0.39 is 5.97 Å². The number of methoxy groups -OCH3 is 1. The predicted molar refractivity (Wildman–Crippen MR) is 122 cm³/mol. The number of benzene rings is 2. The molecule has 154 valence electrons. The number of carbonyl (C=O) groups excluding carboxylic acids is 2. The fourth-order valence-corrected chi connectivity index (χ4v) is 5.40. The standard InChI is InChI=1S/C24H27BrO3S/c1-23(2)10-11-24(3,4)19-13-20(17(14-25)12-18(19)23)29-22(27)16-8-6-15(7-9-16)21(26)28-5/h6-9,12-13H,10-11,14H2,1-5H3. The molecule has 0 heterocycles. The fraction of sp³-hybridized carbons (Fsp3) is 0.417. The van der Waals surface area contributed by atoms with Crippen molar-refractivity contribution in [3.63, 3.8) is 0 Å². The van der Waals surface area contributed by atoms with Gasteiger partial charge in [0.2, 0.25) is 5.12 Å². The molecule has 1 aliphatic rings. The molecule has 0 spiro atoms. The summed E-state index contributed by atoms with van der Waals surface area (Å²) in [6.45, 7) is 9.19. The van der Waals surface area contributed by atoms with Crippen LogP contribution in [-0.4, -0.2) is 18.2 Å². The van der Waals surface area contributed by atoms with Gasteiger partial charge in [0.05, 0.1) is 12.7 Å². The monoisotopic (exact) mass is 474 g/mol. The molecule has 3 nitrogen and oxygen atoms in total. The van der Waals surface area contributed by atoms with E-state index in [0.717, 1.165) is 23.3 Å². The Hall–Kier alpha value is -1.59. The van der Waals surface area contributed by atoms with Crippen LogP contribution in [0.4, 0.5) is 0 Å². The molecular formula is C24H27BrO3S. The summed E-state index contributed by atoms with van der Waals surface area (Å²) in [4.78, 5) is 25.5. The highest BCUT2D eigenvalue weighted by Gasteiger charge is 2.37. The lowest BCUT2D eigenvalue weighted by atomic mass is 9.63. The van der Waals surface area contributed by atoms with E-state index in [1.54, 1.807) is 24.3 Å². The molecule has 0 saturated carbocycles. The Morgan fingerprint density at radius 1 is 0.966 bits per heavy atom. The fourth-order valence-electron chi connectivity index (χ4n) is 3.86. The lowest BCUT2D eigenvalue weighted by Crippen LogP contribution is -2.34. The Morgan fingerprint density at radius 2 is 1.48 bits per heavy atom. The molecule has 0 saturated heterocycles. The molecule has 5 heteroatoms. The smallest absolute Gasteiger partial charge is 0.337 e. The summed E-state index contributed by atoms with van der Waals surface area (Å²) < 4.78 is 4.72. The van der Waals surface area contributed by atoms with Gasteiger partial charge < -0.3 is 4.74 Å². The van der Waals surface area contributed by atoms with Crippen LogP contribution in [-0.2, 0) is 20.9 Å². The summed E-state index contributed by atoms with van der Waals surface area (Å²) in [5, 5.41) is 0.671. The van der Waals surface area contributed by atoms with Crippen molar-refractivity contribution in [3.05, 3.63) is 64.2 Å². The lowest BCUT2D eigenvalue weighted by Gasteiger charge is -2.42. The maximum absolute atomic E-state index is 12.9. The van der Waals surface area contributed by atoms with Crippen LogP contribution in [0.5, 0.6) is 0 Å². The molecule has 29 heavy (non-hydrogen) atoms. The maximum Gasteiger partial charge on any atom is 0.337 e. The average Bonchev–Trinajstić information content (AvgIpc) is 2.70. The molecule has 3 rings (SSSR count). The van der Waals surface area contributed by atoms with Crippen molar-refractivity contribution in [2.24, 2.45) is 0 Å². The molecule has 0 radical (unpaired) electrons. The summed E-state index contributed by atoms with van der Waals surface area (Å²) in [5.74, 6) is -0.405. The number of esters is 1. The number of rotatable bonds is 4. The van der Waals surface area contributed by atoms with Gasteiger partial charge in [-0.3, -0.25) is 4.79 Å². The summed E-state index contributed by atoms with van der Waals surface area (Å²) in [6, 6.07) is 11.1. The normalized spacial score (nSPS) is 16.8. The van der Waals surface area contributed by atoms with E-state index in [2.05, 4.69) is 55.8 Å². The summed E-state index contributed by atoms with van der Waals surface area (Å²) in [6.07, 6.45) is 2.29. The van der Waals surface area contributed by atoms with Crippen LogP contribution in [0, 0.1) is 0 Å². The number of thioether (sulfide) groups is 1. The Labute approximate surface area is 185 Å². The second kappa shape index (κ2) is 8.27. The molecule has 0 atom stereocenters. The van der Waals surface area contributed by atoms with E-state index in [1.165, 1.54) is 30.0 Å². The molecular weight excluding hydrogens is 448 g/mol. The van der Waals surface area contributed by atoms with E-state index >= 15 is 0 Å². The van der Waals surface area contributed by atoms with Crippen molar-refractivity contribution in [1.29, 1.82) is 0 Å². The van der Waals surface area contributed by atoms with Crippen LogP contribution in [0.1, 0.15) is 77.9 Å². The topological polar surface area (TPSA) is 43.4 Å². The first-order valence-electron chi connectivity index (χ1n) is 9.73. The van der Waals surface area contributed by atoms with Gasteiger partial charge in [-0.05, 0) is 82.5 Å². The molecule has 2 aromatic rings. The number of carbonyl (C=O) groups is 2. The van der Waals surface area contributed by atoms with Crippen LogP contribution < -0.4 is 0 Å². The molecule has 0 aliphatic heterocycles. The number of ether oxygens (including phenoxy) is 1. The van der Waals surface area contributed by atoms with Gasteiger partial charge in [0, 0.05) is 15.8 Å². The van der Waals surface area contributed by atoms with E-state index in [0.29, 0.717) is 16.5 Å². The van der Waals surface area contributed by atoms with Gasteiger partial charge in [-0.15, -0.1) is 0 Å². The number of hydrogen-bond donors (Lipinski definition) is 0. The minimum atomic E-state index is -0.405. The highest BCUT2D eigenvalue weighted by atomic mass is 79.9. The van der Waals surface area contributed by atoms with Crippen molar-refractivity contribution in [3.8, 4) is 0 Å². The zero-order valence-electron chi connectivity index (χ0n) is 17.6. The molecule has 0 fully saturated rings. The van der Waals surface area contributed by atoms with Crippen LogP contribution in [0.2, 0.25) is 0 Å². The number of alkyl halides is 1. The third kappa shape index (κ3) is 4.46. The molecule has 0 amide bonds. The average molecular weight is 475 g/mol. The molecule has 0 aromatic heterocycles. The van der Waals surface area contributed by atoms with Crippen LogP contribution >= 0.6 is 27.7 Å².